The van der Waals surface area contributed by atoms with E-state index in [4.69, 9.17) is 5.73 Å². The van der Waals surface area contributed by atoms with Gasteiger partial charge in [0.05, 0.1) is 12.6 Å². The largest absolute Gasteiger partial charge is 0.480 e. The molecule has 1 fully saturated rings. The summed E-state index contributed by atoms with van der Waals surface area (Å²) in [6.45, 7) is 3.02. The Hall–Kier alpha value is -4.22. The highest BCUT2D eigenvalue weighted by molar-refractivity contribution is 7.98. The zero-order valence-electron chi connectivity index (χ0n) is 28.0. The van der Waals surface area contributed by atoms with Crippen LogP contribution in [0.3, 0.4) is 0 Å². The second-order valence-electron chi connectivity index (χ2n) is 12.1. The minimum Gasteiger partial charge on any atom is -0.480 e. The fourth-order valence-electron chi connectivity index (χ4n) is 5.08. The highest BCUT2D eigenvalue weighted by atomic mass is 32.2. The molecule has 1 aromatic rings. The summed E-state index contributed by atoms with van der Waals surface area (Å²) < 4.78 is 0. The van der Waals surface area contributed by atoms with Crippen molar-refractivity contribution in [1.82, 2.24) is 31.9 Å². The van der Waals surface area contributed by atoms with Crippen LogP contribution in [-0.2, 0) is 40.0 Å². The lowest BCUT2D eigenvalue weighted by Crippen LogP contribution is -2.61. The number of nitrogens with two attached hydrogens (primary N) is 1. The molecule has 272 valence electrons. The molecule has 17 heteroatoms. The minimum atomic E-state index is -1.53. The molecule has 6 unspecified atom stereocenters. The average molecular weight is 708 g/mol. The summed E-state index contributed by atoms with van der Waals surface area (Å²) in [5, 5.41) is 35.2. The number of amides is 6. The fourth-order valence-corrected chi connectivity index (χ4v) is 5.55. The van der Waals surface area contributed by atoms with Crippen LogP contribution >= 0.6 is 11.8 Å². The van der Waals surface area contributed by atoms with Crippen LogP contribution in [0.15, 0.2) is 30.3 Å². The van der Waals surface area contributed by atoms with E-state index < -0.39 is 84.3 Å². The second-order valence-corrected chi connectivity index (χ2v) is 13.1. The Kier molecular flexibility index (Phi) is 17.5. The maximum Gasteiger partial charge on any atom is 0.326 e. The van der Waals surface area contributed by atoms with Gasteiger partial charge in [-0.2, -0.15) is 11.8 Å². The van der Waals surface area contributed by atoms with Gasteiger partial charge in [-0.1, -0.05) is 44.2 Å². The molecule has 0 bridgehead atoms. The Balaban J connectivity index is 2.16. The van der Waals surface area contributed by atoms with E-state index in [0.29, 0.717) is 18.7 Å². The van der Waals surface area contributed by atoms with Gasteiger partial charge in [0, 0.05) is 12.8 Å². The van der Waals surface area contributed by atoms with E-state index in [1.165, 1.54) is 11.8 Å². The van der Waals surface area contributed by atoms with E-state index in [2.05, 4.69) is 31.9 Å². The SMILES string of the molecule is CSCCC(NC(=O)C(Cc1ccccc1)NC(=O)C1CCCN1)C(=O)NC(CO)C(=O)NC(C(=O)NC(CCC(N)=O)C(=O)O)C(C)C. The summed E-state index contributed by atoms with van der Waals surface area (Å²) >= 11 is 1.42. The van der Waals surface area contributed by atoms with Gasteiger partial charge in [0.25, 0.3) is 0 Å². The van der Waals surface area contributed by atoms with Gasteiger partial charge in [0.15, 0.2) is 0 Å². The van der Waals surface area contributed by atoms with Crippen LogP contribution in [0.5, 0.6) is 0 Å². The van der Waals surface area contributed by atoms with Crippen molar-refractivity contribution in [1.29, 1.82) is 0 Å². The van der Waals surface area contributed by atoms with E-state index >= 15 is 0 Å². The zero-order valence-corrected chi connectivity index (χ0v) is 28.8. The first-order valence-electron chi connectivity index (χ1n) is 16.2. The number of benzene rings is 1. The molecular weight excluding hydrogens is 658 g/mol. The van der Waals surface area contributed by atoms with Crippen molar-refractivity contribution in [3.8, 4) is 0 Å². The molecule has 6 atom stereocenters. The highest BCUT2D eigenvalue weighted by Crippen LogP contribution is 2.10. The van der Waals surface area contributed by atoms with Crippen molar-refractivity contribution in [3.63, 3.8) is 0 Å². The predicted octanol–water partition coefficient (Wildman–Crippen LogP) is -1.84. The first kappa shape index (κ1) is 41.0. The Morgan fingerprint density at radius 1 is 0.857 bits per heavy atom. The molecule has 1 heterocycles. The van der Waals surface area contributed by atoms with E-state index in [1.807, 2.05) is 24.5 Å². The summed E-state index contributed by atoms with van der Waals surface area (Å²) in [7, 11) is 0. The molecule has 0 spiro atoms. The van der Waals surface area contributed by atoms with E-state index in [1.54, 1.807) is 26.0 Å². The van der Waals surface area contributed by atoms with Crippen molar-refractivity contribution in [3.05, 3.63) is 35.9 Å². The van der Waals surface area contributed by atoms with Gasteiger partial charge in [-0.05, 0) is 55.7 Å². The Labute approximate surface area is 289 Å². The van der Waals surface area contributed by atoms with Gasteiger partial charge < -0.3 is 47.8 Å². The number of carboxylic acids is 1. The number of nitrogens with one attached hydrogen (secondary N) is 6. The third kappa shape index (κ3) is 14.0. The molecule has 49 heavy (non-hydrogen) atoms. The van der Waals surface area contributed by atoms with Crippen molar-refractivity contribution in [2.24, 2.45) is 11.7 Å². The highest BCUT2D eigenvalue weighted by Gasteiger charge is 2.34. The summed E-state index contributed by atoms with van der Waals surface area (Å²) in [6, 6.07) is 2.23. The number of aliphatic carboxylic acids is 1. The van der Waals surface area contributed by atoms with Crippen molar-refractivity contribution < 1.29 is 43.8 Å². The maximum atomic E-state index is 13.6. The van der Waals surface area contributed by atoms with Crippen LogP contribution in [0.1, 0.15) is 51.5 Å². The monoisotopic (exact) mass is 707 g/mol. The number of carboxylic acid groups (broad SMARTS) is 1. The van der Waals surface area contributed by atoms with Gasteiger partial charge in [-0.3, -0.25) is 28.8 Å². The first-order valence-corrected chi connectivity index (χ1v) is 17.6. The van der Waals surface area contributed by atoms with E-state index in [9.17, 15) is 43.8 Å². The number of thioether (sulfide) groups is 1. The molecule has 10 N–H and O–H groups in total. The lowest BCUT2D eigenvalue weighted by atomic mass is 10.0. The average Bonchev–Trinajstić information content (AvgIpc) is 3.61. The molecule has 1 saturated heterocycles. The topological polar surface area (TPSA) is 258 Å². The van der Waals surface area contributed by atoms with Gasteiger partial charge in [-0.25, -0.2) is 4.79 Å². The van der Waals surface area contributed by atoms with Crippen molar-refractivity contribution >= 4 is 53.2 Å². The third-order valence-electron chi connectivity index (χ3n) is 7.89. The van der Waals surface area contributed by atoms with Gasteiger partial charge in [0.1, 0.15) is 30.2 Å². The molecule has 2 rings (SSSR count). The first-order chi connectivity index (χ1) is 23.3. The number of hydrogen-bond donors (Lipinski definition) is 9. The molecular formula is C32H49N7O9S. The van der Waals surface area contributed by atoms with Crippen LogP contribution in [-0.4, -0.2) is 113 Å². The van der Waals surface area contributed by atoms with E-state index in [-0.39, 0.29) is 31.6 Å². The number of primary amides is 1. The quantitative estimate of drug-likeness (QED) is 0.0686. The summed E-state index contributed by atoms with van der Waals surface area (Å²) in [5.74, 6) is -5.75. The zero-order chi connectivity index (χ0) is 36.5. The van der Waals surface area contributed by atoms with Gasteiger partial charge >= 0.3 is 5.97 Å². The molecule has 0 aromatic heterocycles. The molecule has 0 saturated carbocycles. The number of carbonyl (C=O) groups is 7. The summed E-state index contributed by atoms with van der Waals surface area (Å²) in [6.07, 6.45) is 3.03. The van der Waals surface area contributed by atoms with Gasteiger partial charge in [0.2, 0.25) is 35.4 Å². The molecule has 1 aromatic carbocycles. The van der Waals surface area contributed by atoms with Crippen molar-refractivity contribution in [2.45, 2.75) is 88.6 Å². The summed E-state index contributed by atoms with van der Waals surface area (Å²) in [4.78, 5) is 88.9. The lowest BCUT2D eigenvalue weighted by molar-refractivity contribution is -0.143. The van der Waals surface area contributed by atoms with Gasteiger partial charge in [-0.15, -0.1) is 0 Å². The Bertz CT molecular complexity index is 1290. The molecule has 0 radical (unpaired) electrons. The number of rotatable bonds is 21. The molecule has 0 aliphatic carbocycles. The maximum absolute atomic E-state index is 13.6. The van der Waals surface area contributed by atoms with Crippen LogP contribution in [0.4, 0.5) is 0 Å². The van der Waals surface area contributed by atoms with E-state index in [0.717, 1.165) is 12.0 Å². The minimum absolute atomic E-state index is 0.160. The molecule has 6 amide bonds. The lowest BCUT2D eigenvalue weighted by Gasteiger charge is -2.27. The van der Waals surface area contributed by atoms with Crippen LogP contribution in [0, 0.1) is 5.92 Å². The number of carbonyl (C=O) groups excluding carboxylic acids is 6. The fraction of sp³-hybridized carbons (Fsp3) is 0.594. The summed E-state index contributed by atoms with van der Waals surface area (Å²) in [5.41, 5.74) is 5.88. The number of aliphatic hydroxyl groups excluding tert-OH is 1. The Morgan fingerprint density at radius 3 is 2.02 bits per heavy atom. The molecule has 1 aliphatic rings. The van der Waals surface area contributed by atoms with Crippen molar-refractivity contribution in [2.75, 3.05) is 25.2 Å². The number of aliphatic hydroxyl groups is 1. The predicted molar refractivity (Wildman–Crippen MR) is 182 cm³/mol. The van der Waals surface area contributed by atoms with Crippen LogP contribution in [0.2, 0.25) is 0 Å². The smallest absolute Gasteiger partial charge is 0.326 e. The Morgan fingerprint density at radius 2 is 1.47 bits per heavy atom. The number of hydrogen-bond acceptors (Lipinski definition) is 10. The van der Waals surface area contributed by atoms with Crippen LogP contribution < -0.4 is 37.6 Å². The third-order valence-corrected chi connectivity index (χ3v) is 8.54. The standard InChI is InChI=1S/C32H49N7O9S/c1-18(2)26(31(46)36-22(32(47)48)11-12-25(33)41)39-30(45)24(17-40)38-28(43)21(13-15-49-3)35-29(44)23(16-19-8-5-4-6-9-19)37-27(42)20-10-7-14-34-20/h4-6,8-9,18,20-24,26,34,40H,7,10-17H2,1-3H3,(H2,33,41)(H,35,44)(H,36,46)(H,37,42)(H,38,43)(H,39,45)(H,47,48). The van der Waals surface area contributed by atoms with Crippen LogP contribution in [0.25, 0.3) is 0 Å². The molecule has 16 nitrogen and oxygen atoms in total. The normalized spacial score (nSPS) is 17.1. The molecule has 1 aliphatic heterocycles. The second kappa shape index (κ2) is 21.0.